The third-order valence-corrected chi connectivity index (χ3v) is 5.75. The summed E-state index contributed by atoms with van der Waals surface area (Å²) in [5.41, 5.74) is 4.58. The molecule has 1 aliphatic rings. The summed E-state index contributed by atoms with van der Waals surface area (Å²) in [6, 6.07) is 12.7. The zero-order valence-electron chi connectivity index (χ0n) is 17.7. The first-order valence-corrected chi connectivity index (χ1v) is 10.3. The number of aromatic nitrogens is 1. The maximum atomic E-state index is 12.6. The number of nitrogens with zero attached hydrogens (tertiary/aromatic N) is 4. The smallest absolute Gasteiger partial charge is 0.278 e. The summed E-state index contributed by atoms with van der Waals surface area (Å²) in [6.07, 6.45) is 1.66. The van der Waals surface area contributed by atoms with Crippen LogP contribution in [0.4, 0.5) is 17.1 Å². The number of nitrogens with one attached hydrogen (secondary N) is 1. The van der Waals surface area contributed by atoms with E-state index >= 15 is 0 Å². The average molecular weight is 419 g/mol. The number of carbonyl (C=O) groups excluding carboxylic acids is 1. The largest absolute Gasteiger partial charge is 0.367 e. The van der Waals surface area contributed by atoms with Gasteiger partial charge in [-0.05, 0) is 43.2 Å². The second-order valence-electron chi connectivity index (χ2n) is 7.84. The van der Waals surface area contributed by atoms with Gasteiger partial charge in [0.25, 0.3) is 5.69 Å². The number of nitro groups is 1. The van der Waals surface area contributed by atoms with Crippen molar-refractivity contribution in [3.63, 3.8) is 0 Å². The van der Waals surface area contributed by atoms with E-state index in [4.69, 9.17) is 0 Å². The van der Waals surface area contributed by atoms with Gasteiger partial charge in [-0.1, -0.05) is 18.2 Å². The number of amides is 1. The van der Waals surface area contributed by atoms with Crippen molar-refractivity contribution in [1.82, 2.24) is 9.88 Å². The van der Waals surface area contributed by atoms with Crippen molar-refractivity contribution < 1.29 is 9.72 Å². The maximum absolute atomic E-state index is 12.6. The first kappa shape index (κ1) is 20.7. The zero-order valence-corrected chi connectivity index (χ0v) is 17.7. The highest BCUT2D eigenvalue weighted by Crippen LogP contribution is 2.32. The number of anilines is 2. The Morgan fingerprint density at radius 1 is 1.06 bits per heavy atom. The van der Waals surface area contributed by atoms with Crippen LogP contribution in [0, 0.1) is 24.0 Å². The number of rotatable bonds is 5. The minimum absolute atomic E-state index is 0.0201. The molecule has 4 rings (SSSR count). The summed E-state index contributed by atoms with van der Waals surface area (Å²) in [4.78, 5) is 32.3. The van der Waals surface area contributed by atoms with Crippen LogP contribution >= 0.6 is 0 Å². The van der Waals surface area contributed by atoms with Gasteiger partial charge in [-0.2, -0.15) is 0 Å². The van der Waals surface area contributed by atoms with Crippen molar-refractivity contribution >= 4 is 33.9 Å². The SMILES string of the molecule is Cc1cccc(C)c1NC(=O)CN1CCN(c2ccc([N+](=O)[O-])c3cccnc23)CC1. The summed E-state index contributed by atoms with van der Waals surface area (Å²) in [5.74, 6) is -0.0201. The molecule has 0 aliphatic carbocycles. The Morgan fingerprint density at radius 3 is 2.45 bits per heavy atom. The van der Waals surface area contributed by atoms with Gasteiger partial charge < -0.3 is 10.2 Å². The number of nitro benzene ring substituents is 1. The lowest BCUT2D eigenvalue weighted by Crippen LogP contribution is -2.48. The lowest BCUT2D eigenvalue weighted by molar-refractivity contribution is -0.383. The lowest BCUT2D eigenvalue weighted by atomic mass is 10.1. The summed E-state index contributed by atoms with van der Waals surface area (Å²) in [5, 5.41) is 14.9. The highest BCUT2D eigenvalue weighted by molar-refractivity contribution is 5.97. The molecule has 31 heavy (non-hydrogen) atoms. The fourth-order valence-corrected chi connectivity index (χ4v) is 4.10. The van der Waals surface area contributed by atoms with E-state index in [0.29, 0.717) is 17.4 Å². The molecule has 2 aromatic carbocycles. The number of fused-ring (bicyclic) bond motifs is 1. The van der Waals surface area contributed by atoms with E-state index < -0.39 is 0 Å². The quantitative estimate of drug-likeness (QED) is 0.503. The molecule has 2 heterocycles. The molecule has 0 bridgehead atoms. The minimum Gasteiger partial charge on any atom is -0.367 e. The minimum atomic E-state index is -0.374. The molecule has 8 nitrogen and oxygen atoms in total. The van der Waals surface area contributed by atoms with Crippen molar-refractivity contribution in [1.29, 1.82) is 0 Å². The van der Waals surface area contributed by atoms with Crippen molar-refractivity contribution in [2.24, 2.45) is 0 Å². The van der Waals surface area contributed by atoms with Crippen LogP contribution in [0.2, 0.25) is 0 Å². The van der Waals surface area contributed by atoms with Crippen LogP contribution in [-0.4, -0.2) is 53.4 Å². The molecule has 0 radical (unpaired) electrons. The number of hydrogen-bond acceptors (Lipinski definition) is 6. The summed E-state index contributed by atoms with van der Waals surface area (Å²) in [6.45, 7) is 7.21. The summed E-state index contributed by atoms with van der Waals surface area (Å²) in [7, 11) is 0. The van der Waals surface area contributed by atoms with Crippen molar-refractivity contribution in [3.8, 4) is 0 Å². The van der Waals surface area contributed by atoms with Crippen molar-refractivity contribution in [3.05, 3.63) is 69.9 Å². The Morgan fingerprint density at radius 2 is 1.77 bits per heavy atom. The number of para-hydroxylation sites is 1. The predicted octanol–water partition coefficient (Wildman–Crippen LogP) is 3.52. The average Bonchev–Trinajstić information content (AvgIpc) is 2.76. The summed E-state index contributed by atoms with van der Waals surface area (Å²) < 4.78 is 0. The van der Waals surface area contributed by atoms with Gasteiger partial charge in [0.15, 0.2) is 0 Å². The third kappa shape index (κ3) is 4.34. The van der Waals surface area contributed by atoms with E-state index in [9.17, 15) is 14.9 Å². The molecule has 1 aromatic heterocycles. The Bertz CT molecular complexity index is 1120. The highest BCUT2D eigenvalue weighted by Gasteiger charge is 2.23. The number of piperazine rings is 1. The molecule has 8 heteroatoms. The topological polar surface area (TPSA) is 91.6 Å². The Hall–Kier alpha value is -3.52. The Labute approximate surface area is 180 Å². The van der Waals surface area contributed by atoms with E-state index in [0.717, 1.165) is 48.7 Å². The van der Waals surface area contributed by atoms with E-state index in [1.807, 2.05) is 32.0 Å². The molecule has 0 unspecified atom stereocenters. The second-order valence-corrected chi connectivity index (χ2v) is 7.84. The number of aryl methyl sites for hydroxylation is 2. The van der Waals surface area contributed by atoms with Crippen LogP contribution in [-0.2, 0) is 4.79 Å². The molecule has 1 saturated heterocycles. The van der Waals surface area contributed by atoms with E-state index in [-0.39, 0.29) is 16.5 Å². The number of benzene rings is 2. The van der Waals surface area contributed by atoms with E-state index in [1.165, 1.54) is 0 Å². The fourth-order valence-electron chi connectivity index (χ4n) is 4.10. The van der Waals surface area contributed by atoms with Gasteiger partial charge in [0.2, 0.25) is 5.91 Å². The molecular weight excluding hydrogens is 394 g/mol. The van der Waals surface area contributed by atoms with Crippen LogP contribution in [0.1, 0.15) is 11.1 Å². The molecular formula is C23H25N5O3. The molecule has 160 valence electrons. The number of non-ortho nitro benzene ring substituents is 1. The van der Waals surface area contributed by atoms with Gasteiger partial charge >= 0.3 is 0 Å². The van der Waals surface area contributed by atoms with Crippen LogP contribution < -0.4 is 10.2 Å². The standard InChI is InChI=1S/C23H25N5O3/c1-16-5-3-6-17(2)22(16)25-21(29)15-26-11-13-27(14-12-26)20-9-8-19(28(30)31)18-7-4-10-24-23(18)20/h3-10H,11-15H2,1-2H3,(H,25,29). The predicted molar refractivity (Wildman–Crippen MR) is 122 cm³/mol. The first-order chi connectivity index (χ1) is 14.9. The monoisotopic (exact) mass is 419 g/mol. The fraction of sp³-hybridized carbons (Fsp3) is 0.304. The molecule has 0 atom stereocenters. The van der Waals surface area contributed by atoms with E-state index in [1.54, 1.807) is 30.5 Å². The molecule has 1 fully saturated rings. The third-order valence-electron chi connectivity index (χ3n) is 5.75. The van der Waals surface area contributed by atoms with Crippen LogP contribution in [0.25, 0.3) is 10.9 Å². The second kappa shape index (κ2) is 8.69. The molecule has 3 aromatic rings. The van der Waals surface area contributed by atoms with Gasteiger partial charge in [0.1, 0.15) is 5.52 Å². The normalized spacial score (nSPS) is 14.6. The molecule has 0 spiro atoms. The van der Waals surface area contributed by atoms with Gasteiger partial charge in [-0.3, -0.25) is 24.8 Å². The zero-order chi connectivity index (χ0) is 22.0. The molecule has 0 saturated carbocycles. The lowest BCUT2D eigenvalue weighted by Gasteiger charge is -2.36. The van der Waals surface area contributed by atoms with Gasteiger partial charge in [0.05, 0.1) is 22.5 Å². The van der Waals surface area contributed by atoms with Crippen molar-refractivity contribution in [2.75, 3.05) is 42.9 Å². The highest BCUT2D eigenvalue weighted by atomic mass is 16.6. The van der Waals surface area contributed by atoms with Gasteiger partial charge in [-0.25, -0.2) is 0 Å². The Balaban J connectivity index is 1.42. The first-order valence-electron chi connectivity index (χ1n) is 10.3. The van der Waals surface area contributed by atoms with Gasteiger partial charge in [-0.15, -0.1) is 0 Å². The van der Waals surface area contributed by atoms with Crippen LogP contribution in [0.3, 0.4) is 0 Å². The molecule has 1 N–H and O–H groups in total. The Kier molecular flexibility index (Phi) is 5.81. The number of pyridine rings is 1. The molecule has 1 aliphatic heterocycles. The van der Waals surface area contributed by atoms with Crippen LogP contribution in [0.5, 0.6) is 0 Å². The van der Waals surface area contributed by atoms with E-state index in [2.05, 4.69) is 20.1 Å². The number of carbonyl (C=O) groups is 1. The molecule has 1 amide bonds. The van der Waals surface area contributed by atoms with Crippen LogP contribution in [0.15, 0.2) is 48.7 Å². The van der Waals surface area contributed by atoms with Gasteiger partial charge in [0, 0.05) is 44.1 Å². The summed E-state index contributed by atoms with van der Waals surface area (Å²) >= 11 is 0. The number of hydrogen-bond donors (Lipinski definition) is 1. The van der Waals surface area contributed by atoms with Crippen molar-refractivity contribution in [2.45, 2.75) is 13.8 Å². The maximum Gasteiger partial charge on any atom is 0.278 e.